The second-order valence-electron chi connectivity index (χ2n) is 6.43. The molecule has 1 heterocycles. The standard InChI is InChI=1S/C19H20N2O4S/c1-12-10-13(2)17(14(3)11-12)26(24,25)20-8-9-21-18(22)15-6-4-5-7-16(15)19(21)23/h4-7,10-11,20H,8-9H2,1-3H3. The van der Waals surface area contributed by atoms with Gasteiger partial charge < -0.3 is 0 Å². The Morgan fingerprint density at radius 1 is 0.923 bits per heavy atom. The third kappa shape index (κ3) is 3.15. The maximum Gasteiger partial charge on any atom is 0.261 e. The van der Waals surface area contributed by atoms with Crippen LogP contribution >= 0.6 is 0 Å². The number of hydrogen-bond acceptors (Lipinski definition) is 4. The van der Waals surface area contributed by atoms with Gasteiger partial charge in [0, 0.05) is 13.1 Å². The molecule has 0 fully saturated rings. The fourth-order valence-electron chi connectivity index (χ4n) is 3.40. The van der Waals surface area contributed by atoms with E-state index in [2.05, 4.69) is 4.72 Å². The van der Waals surface area contributed by atoms with Gasteiger partial charge in [0.25, 0.3) is 11.8 Å². The van der Waals surface area contributed by atoms with Gasteiger partial charge in [-0.05, 0) is 44.0 Å². The van der Waals surface area contributed by atoms with Crippen LogP contribution in [0, 0.1) is 20.8 Å². The molecule has 0 atom stereocenters. The smallest absolute Gasteiger partial charge is 0.261 e. The Balaban J connectivity index is 1.73. The van der Waals surface area contributed by atoms with Crippen molar-refractivity contribution in [3.05, 3.63) is 64.2 Å². The average molecular weight is 372 g/mol. The molecular weight excluding hydrogens is 352 g/mol. The summed E-state index contributed by atoms with van der Waals surface area (Å²) in [6.07, 6.45) is 0. The minimum absolute atomic E-state index is 0.0183. The molecule has 0 aromatic heterocycles. The number of hydrogen-bond donors (Lipinski definition) is 1. The lowest BCUT2D eigenvalue weighted by Crippen LogP contribution is -2.38. The summed E-state index contributed by atoms with van der Waals surface area (Å²) in [5, 5.41) is 0. The second kappa shape index (κ2) is 6.66. The van der Waals surface area contributed by atoms with Crippen molar-refractivity contribution in [1.82, 2.24) is 9.62 Å². The van der Waals surface area contributed by atoms with Crippen LogP contribution in [-0.2, 0) is 10.0 Å². The van der Waals surface area contributed by atoms with Crippen molar-refractivity contribution in [2.24, 2.45) is 0 Å². The number of nitrogens with one attached hydrogen (secondary N) is 1. The Bertz CT molecular complexity index is 954. The zero-order valence-electron chi connectivity index (χ0n) is 14.9. The summed E-state index contributed by atoms with van der Waals surface area (Å²) < 4.78 is 27.8. The number of fused-ring (bicyclic) bond motifs is 1. The van der Waals surface area contributed by atoms with Crippen LogP contribution in [0.3, 0.4) is 0 Å². The van der Waals surface area contributed by atoms with Gasteiger partial charge in [0.05, 0.1) is 16.0 Å². The fraction of sp³-hybridized carbons (Fsp3) is 0.263. The molecule has 1 N–H and O–H groups in total. The summed E-state index contributed by atoms with van der Waals surface area (Å²) >= 11 is 0. The topological polar surface area (TPSA) is 83.6 Å². The first-order valence-electron chi connectivity index (χ1n) is 8.25. The van der Waals surface area contributed by atoms with E-state index in [1.54, 1.807) is 38.1 Å². The van der Waals surface area contributed by atoms with Crippen molar-refractivity contribution >= 4 is 21.8 Å². The van der Waals surface area contributed by atoms with Gasteiger partial charge in [0.15, 0.2) is 0 Å². The summed E-state index contributed by atoms with van der Waals surface area (Å²) in [5.74, 6) is -0.792. The Hall–Kier alpha value is -2.51. The lowest BCUT2D eigenvalue weighted by molar-refractivity contribution is 0.0657. The van der Waals surface area contributed by atoms with E-state index in [0.717, 1.165) is 10.5 Å². The van der Waals surface area contributed by atoms with Crippen LogP contribution in [0.5, 0.6) is 0 Å². The molecule has 0 aliphatic carbocycles. The number of sulfonamides is 1. The van der Waals surface area contributed by atoms with Crippen LogP contribution in [0.25, 0.3) is 0 Å². The largest absolute Gasteiger partial charge is 0.273 e. The molecule has 1 aliphatic rings. The Labute approximate surface area is 152 Å². The third-order valence-electron chi connectivity index (χ3n) is 4.38. The first kappa shape index (κ1) is 18.3. The molecule has 0 radical (unpaired) electrons. The van der Waals surface area contributed by atoms with Crippen LogP contribution in [0.15, 0.2) is 41.3 Å². The molecular formula is C19H20N2O4S. The summed E-state index contributed by atoms with van der Waals surface area (Å²) in [6, 6.07) is 10.2. The lowest BCUT2D eigenvalue weighted by Gasteiger charge is -2.16. The monoisotopic (exact) mass is 372 g/mol. The van der Waals surface area contributed by atoms with Crippen LogP contribution < -0.4 is 4.72 Å². The Morgan fingerprint density at radius 3 is 1.92 bits per heavy atom. The normalized spacial score (nSPS) is 14.0. The summed E-state index contributed by atoms with van der Waals surface area (Å²) in [5.41, 5.74) is 3.02. The summed E-state index contributed by atoms with van der Waals surface area (Å²) in [7, 11) is -3.73. The van der Waals surface area contributed by atoms with Gasteiger partial charge in [-0.25, -0.2) is 13.1 Å². The molecule has 7 heteroatoms. The van der Waals surface area contributed by atoms with E-state index in [9.17, 15) is 18.0 Å². The average Bonchev–Trinajstić information content (AvgIpc) is 2.79. The zero-order valence-corrected chi connectivity index (χ0v) is 15.7. The van der Waals surface area contributed by atoms with Crippen molar-refractivity contribution in [2.45, 2.75) is 25.7 Å². The molecule has 2 aromatic rings. The van der Waals surface area contributed by atoms with E-state index in [-0.39, 0.29) is 18.0 Å². The van der Waals surface area contributed by atoms with E-state index in [1.807, 2.05) is 19.1 Å². The first-order valence-corrected chi connectivity index (χ1v) is 9.73. The van der Waals surface area contributed by atoms with Gasteiger partial charge >= 0.3 is 0 Å². The van der Waals surface area contributed by atoms with Gasteiger partial charge in [-0.1, -0.05) is 29.8 Å². The zero-order chi connectivity index (χ0) is 19.1. The highest BCUT2D eigenvalue weighted by Gasteiger charge is 2.34. The summed E-state index contributed by atoms with van der Waals surface area (Å²) in [4.78, 5) is 25.9. The van der Waals surface area contributed by atoms with Gasteiger partial charge in [-0.15, -0.1) is 0 Å². The van der Waals surface area contributed by atoms with Gasteiger partial charge in [0.2, 0.25) is 10.0 Å². The third-order valence-corrected chi connectivity index (χ3v) is 6.14. The number of amides is 2. The molecule has 3 rings (SSSR count). The molecule has 0 bridgehead atoms. The van der Waals surface area contributed by atoms with Crippen molar-refractivity contribution in [2.75, 3.05) is 13.1 Å². The number of aryl methyl sites for hydroxylation is 3. The van der Waals surface area contributed by atoms with Gasteiger partial charge in [-0.3, -0.25) is 14.5 Å². The molecule has 2 aromatic carbocycles. The Kier molecular flexibility index (Phi) is 4.68. The number of imide groups is 1. The van der Waals surface area contributed by atoms with E-state index < -0.39 is 21.8 Å². The number of rotatable bonds is 5. The molecule has 0 saturated carbocycles. The highest BCUT2D eigenvalue weighted by molar-refractivity contribution is 7.89. The van der Waals surface area contributed by atoms with Crippen molar-refractivity contribution in [1.29, 1.82) is 0 Å². The number of nitrogens with zero attached hydrogens (tertiary/aromatic N) is 1. The van der Waals surface area contributed by atoms with Crippen LogP contribution in [0.1, 0.15) is 37.4 Å². The molecule has 0 unspecified atom stereocenters. The van der Waals surface area contributed by atoms with Crippen molar-refractivity contribution in [3.8, 4) is 0 Å². The van der Waals surface area contributed by atoms with E-state index in [0.29, 0.717) is 22.3 Å². The Morgan fingerprint density at radius 2 is 1.42 bits per heavy atom. The number of carbonyl (C=O) groups excluding carboxylic acids is 2. The fourth-order valence-corrected chi connectivity index (χ4v) is 4.87. The minimum Gasteiger partial charge on any atom is -0.273 e. The quantitative estimate of drug-likeness (QED) is 0.816. The summed E-state index contributed by atoms with van der Waals surface area (Å²) in [6.45, 7) is 5.35. The van der Waals surface area contributed by atoms with Crippen LogP contribution in [0.4, 0.5) is 0 Å². The molecule has 2 amide bonds. The molecule has 0 saturated heterocycles. The van der Waals surface area contributed by atoms with E-state index in [4.69, 9.17) is 0 Å². The minimum atomic E-state index is -3.73. The predicted octanol–water partition coefficient (Wildman–Crippen LogP) is 2.19. The molecule has 6 nitrogen and oxygen atoms in total. The molecule has 26 heavy (non-hydrogen) atoms. The maximum atomic E-state index is 12.6. The van der Waals surface area contributed by atoms with Crippen molar-refractivity contribution < 1.29 is 18.0 Å². The maximum absolute atomic E-state index is 12.6. The predicted molar refractivity (Wildman–Crippen MR) is 97.7 cm³/mol. The molecule has 0 spiro atoms. The highest BCUT2D eigenvalue weighted by atomic mass is 32.2. The number of benzene rings is 2. The highest BCUT2D eigenvalue weighted by Crippen LogP contribution is 2.23. The lowest BCUT2D eigenvalue weighted by atomic mass is 10.1. The number of carbonyl (C=O) groups is 2. The van der Waals surface area contributed by atoms with Gasteiger partial charge in [0.1, 0.15) is 0 Å². The SMILES string of the molecule is Cc1cc(C)c(S(=O)(=O)NCCN2C(=O)c3ccccc3C2=O)c(C)c1. The molecule has 136 valence electrons. The first-order chi connectivity index (χ1) is 12.2. The van der Waals surface area contributed by atoms with E-state index >= 15 is 0 Å². The van der Waals surface area contributed by atoms with Gasteiger partial charge in [-0.2, -0.15) is 0 Å². The van der Waals surface area contributed by atoms with E-state index in [1.165, 1.54) is 0 Å². The van der Waals surface area contributed by atoms with Crippen LogP contribution in [-0.4, -0.2) is 38.2 Å². The van der Waals surface area contributed by atoms with Crippen LogP contribution in [0.2, 0.25) is 0 Å². The molecule has 1 aliphatic heterocycles. The second-order valence-corrected chi connectivity index (χ2v) is 8.14. The van der Waals surface area contributed by atoms with Crippen molar-refractivity contribution in [3.63, 3.8) is 0 Å².